The Hall–Kier alpha value is -3.40. The lowest BCUT2D eigenvalue weighted by Crippen LogP contribution is -2.26. The van der Waals surface area contributed by atoms with Crippen LogP contribution in [0.5, 0.6) is 0 Å². The number of anilines is 2. The van der Waals surface area contributed by atoms with Crippen molar-refractivity contribution in [3.05, 3.63) is 98.6 Å². The number of amides is 2. The molecule has 218 valence electrons. The van der Waals surface area contributed by atoms with E-state index in [0.717, 1.165) is 40.2 Å². The SMILES string of the molecule is COC(=O)c1c(NC(=O)C(Sc2cccc(NC(=O)c3cccs3)c2)c2ccccc2)sc2c1CCC(C(C)(C)C)C2. The summed E-state index contributed by atoms with van der Waals surface area (Å²) in [5, 5.41) is 7.87. The molecule has 2 N–H and O–H groups in total. The zero-order valence-electron chi connectivity index (χ0n) is 24.1. The van der Waals surface area contributed by atoms with Gasteiger partial charge in [0.25, 0.3) is 5.91 Å². The molecule has 9 heteroatoms. The van der Waals surface area contributed by atoms with Crippen molar-refractivity contribution in [2.75, 3.05) is 17.7 Å². The monoisotopic (exact) mass is 618 g/mol. The second kappa shape index (κ2) is 12.9. The number of fused-ring (bicyclic) bond motifs is 1. The van der Waals surface area contributed by atoms with Crippen LogP contribution in [0.1, 0.15) is 68.5 Å². The molecule has 4 aromatic rings. The maximum Gasteiger partial charge on any atom is 0.341 e. The van der Waals surface area contributed by atoms with Crippen molar-refractivity contribution in [1.82, 2.24) is 0 Å². The van der Waals surface area contributed by atoms with E-state index in [-0.39, 0.29) is 17.2 Å². The van der Waals surface area contributed by atoms with Crippen LogP contribution in [0.3, 0.4) is 0 Å². The van der Waals surface area contributed by atoms with E-state index >= 15 is 0 Å². The molecule has 0 saturated carbocycles. The van der Waals surface area contributed by atoms with Crippen LogP contribution in [-0.2, 0) is 22.4 Å². The standard InChI is InChI=1S/C33H34N2O4S3/c1-33(2,3)21-15-16-24-26(18-21)42-31(27(24)32(38)39-4)35-30(37)28(20-10-6-5-7-11-20)41-23-13-8-12-22(19-23)34-29(36)25-14-9-17-40-25/h5-14,17,19,21,28H,15-16,18H2,1-4H3,(H,34,36)(H,35,37). The highest BCUT2D eigenvalue weighted by Gasteiger charge is 2.35. The lowest BCUT2D eigenvalue weighted by atomic mass is 9.72. The number of hydrogen-bond donors (Lipinski definition) is 2. The molecule has 2 atom stereocenters. The third-order valence-electron chi connectivity index (χ3n) is 7.55. The molecule has 0 fully saturated rings. The van der Waals surface area contributed by atoms with E-state index in [9.17, 15) is 14.4 Å². The van der Waals surface area contributed by atoms with E-state index in [1.54, 1.807) is 6.07 Å². The Morgan fingerprint density at radius 1 is 1.00 bits per heavy atom. The van der Waals surface area contributed by atoms with E-state index in [1.165, 1.54) is 41.5 Å². The lowest BCUT2D eigenvalue weighted by Gasteiger charge is -2.33. The van der Waals surface area contributed by atoms with Crippen molar-refractivity contribution < 1.29 is 19.1 Å². The number of carbonyl (C=O) groups excluding carboxylic acids is 3. The number of esters is 1. The molecule has 2 aromatic heterocycles. The molecule has 2 heterocycles. The molecule has 0 radical (unpaired) electrons. The quantitative estimate of drug-likeness (QED) is 0.153. The van der Waals surface area contributed by atoms with Crippen molar-refractivity contribution in [3.8, 4) is 0 Å². The maximum atomic E-state index is 14.0. The molecule has 0 aliphatic heterocycles. The van der Waals surface area contributed by atoms with Gasteiger partial charge >= 0.3 is 5.97 Å². The van der Waals surface area contributed by atoms with Gasteiger partial charge < -0.3 is 15.4 Å². The zero-order chi connectivity index (χ0) is 29.9. The van der Waals surface area contributed by atoms with Crippen LogP contribution in [0, 0.1) is 11.3 Å². The Bertz CT molecular complexity index is 1570. The summed E-state index contributed by atoms with van der Waals surface area (Å²) < 4.78 is 5.17. The normalized spacial score (nSPS) is 15.4. The Morgan fingerprint density at radius 3 is 2.48 bits per heavy atom. The van der Waals surface area contributed by atoms with Crippen LogP contribution in [0.15, 0.2) is 77.0 Å². The summed E-state index contributed by atoms with van der Waals surface area (Å²) in [5.74, 6) is -0.321. The van der Waals surface area contributed by atoms with Gasteiger partial charge in [-0.25, -0.2) is 4.79 Å². The summed E-state index contributed by atoms with van der Waals surface area (Å²) in [6.45, 7) is 6.76. The van der Waals surface area contributed by atoms with Crippen molar-refractivity contribution >= 4 is 62.9 Å². The van der Waals surface area contributed by atoms with Crippen molar-refractivity contribution in [1.29, 1.82) is 0 Å². The molecular weight excluding hydrogens is 585 g/mol. The number of thioether (sulfide) groups is 1. The first-order valence-corrected chi connectivity index (χ1v) is 16.4. The molecule has 0 spiro atoms. The summed E-state index contributed by atoms with van der Waals surface area (Å²) >= 11 is 4.27. The fraction of sp³-hybridized carbons (Fsp3) is 0.303. The van der Waals surface area contributed by atoms with Crippen molar-refractivity contribution in [3.63, 3.8) is 0 Å². The largest absolute Gasteiger partial charge is 0.465 e. The fourth-order valence-electron chi connectivity index (χ4n) is 5.19. The van der Waals surface area contributed by atoms with Crippen LogP contribution >= 0.6 is 34.4 Å². The van der Waals surface area contributed by atoms with Gasteiger partial charge in [-0.3, -0.25) is 9.59 Å². The minimum absolute atomic E-state index is 0.156. The van der Waals surface area contributed by atoms with E-state index in [0.29, 0.717) is 27.0 Å². The molecule has 2 unspecified atom stereocenters. The van der Waals surface area contributed by atoms with Gasteiger partial charge in [-0.1, -0.05) is 63.2 Å². The first-order valence-electron chi connectivity index (χ1n) is 13.8. The number of thiophene rings is 2. The molecule has 2 aromatic carbocycles. The molecule has 0 bridgehead atoms. The summed E-state index contributed by atoms with van der Waals surface area (Å²) in [7, 11) is 1.38. The molecule has 6 nitrogen and oxygen atoms in total. The number of hydrogen-bond acceptors (Lipinski definition) is 7. The molecule has 42 heavy (non-hydrogen) atoms. The average molecular weight is 619 g/mol. The molecule has 1 aliphatic carbocycles. The summed E-state index contributed by atoms with van der Waals surface area (Å²) in [5.41, 5.74) is 3.12. The van der Waals surface area contributed by atoms with Crippen LogP contribution in [0.2, 0.25) is 0 Å². The predicted molar refractivity (Wildman–Crippen MR) is 173 cm³/mol. The molecule has 5 rings (SSSR count). The minimum Gasteiger partial charge on any atom is -0.465 e. The molecule has 1 aliphatic rings. The van der Waals surface area contributed by atoms with Gasteiger partial charge in [0.2, 0.25) is 5.91 Å². The van der Waals surface area contributed by atoms with Crippen LogP contribution in [0.4, 0.5) is 10.7 Å². The van der Waals surface area contributed by atoms with Crippen LogP contribution in [0.25, 0.3) is 0 Å². The van der Waals surface area contributed by atoms with E-state index in [4.69, 9.17) is 4.74 Å². The molecule has 0 saturated heterocycles. The highest BCUT2D eigenvalue weighted by Crippen LogP contribution is 2.45. The van der Waals surface area contributed by atoms with Gasteiger partial charge in [-0.2, -0.15) is 0 Å². The Kier molecular flexibility index (Phi) is 9.20. The van der Waals surface area contributed by atoms with E-state index < -0.39 is 11.2 Å². The number of rotatable bonds is 8. The zero-order valence-corrected chi connectivity index (χ0v) is 26.5. The minimum atomic E-state index is -0.596. The first-order chi connectivity index (χ1) is 20.1. The second-order valence-corrected chi connectivity index (χ2v) is 14.6. The third kappa shape index (κ3) is 6.80. The number of benzene rings is 2. The number of methoxy groups -OCH3 is 1. The van der Waals surface area contributed by atoms with Gasteiger partial charge in [0.15, 0.2) is 0 Å². The van der Waals surface area contributed by atoms with Gasteiger partial charge in [0.05, 0.1) is 17.6 Å². The predicted octanol–water partition coefficient (Wildman–Crippen LogP) is 8.47. The average Bonchev–Trinajstić information content (AvgIpc) is 3.64. The van der Waals surface area contributed by atoms with Gasteiger partial charge in [0, 0.05) is 15.5 Å². The molecule has 2 amide bonds. The first kappa shape index (κ1) is 30.1. The topological polar surface area (TPSA) is 84.5 Å². The summed E-state index contributed by atoms with van der Waals surface area (Å²) in [6.07, 6.45) is 2.66. The van der Waals surface area contributed by atoms with Crippen LogP contribution in [-0.4, -0.2) is 24.9 Å². The Balaban J connectivity index is 1.42. The smallest absolute Gasteiger partial charge is 0.341 e. The van der Waals surface area contributed by atoms with E-state index in [1.807, 2.05) is 66.0 Å². The highest BCUT2D eigenvalue weighted by molar-refractivity contribution is 8.00. The van der Waals surface area contributed by atoms with Crippen molar-refractivity contribution in [2.24, 2.45) is 11.3 Å². The number of nitrogens with one attached hydrogen (secondary N) is 2. The van der Waals surface area contributed by atoms with Gasteiger partial charge in [0.1, 0.15) is 10.3 Å². The van der Waals surface area contributed by atoms with Gasteiger partial charge in [-0.15, -0.1) is 34.4 Å². The van der Waals surface area contributed by atoms with Crippen LogP contribution < -0.4 is 10.6 Å². The summed E-state index contributed by atoms with van der Waals surface area (Å²) in [4.78, 5) is 42.2. The fourth-order valence-corrected chi connectivity index (χ4v) is 8.21. The Morgan fingerprint density at radius 2 is 1.79 bits per heavy atom. The Labute approximate surface area is 258 Å². The van der Waals surface area contributed by atoms with Crippen molar-refractivity contribution in [2.45, 2.75) is 50.2 Å². The van der Waals surface area contributed by atoms with Gasteiger partial charge in [-0.05, 0) is 71.4 Å². The lowest BCUT2D eigenvalue weighted by molar-refractivity contribution is -0.115. The number of ether oxygens (including phenoxy) is 1. The number of carbonyl (C=O) groups is 3. The van der Waals surface area contributed by atoms with E-state index in [2.05, 4.69) is 31.4 Å². The highest BCUT2D eigenvalue weighted by atomic mass is 32.2. The third-order valence-corrected chi connectivity index (χ3v) is 10.8. The maximum absolute atomic E-state index is 14.0. The second-order valence-electron chi connectivity index (χ2n) is 11.4. The summed E-state index contributed by atoms with van der Waals surface area (Å²) in [6, 6.07) is 20.7. The molecular formula is C33H34N2O4S3.